The van der Waals surface area contributed by atoms with Gasteiger partial charge in [0.2, 0.25) is 0 Å². The summed E-state index contributed by atoms with van der Waals surface area (Å²) < 4.78 is 0. The van der Waals surface area contributed by atoms with Crippen molar-refractivity contribution in [3.05, 3.63) is 28.8 Å². The highest BCUT2D eigenvalue weighted by Gasteiger charge is 2.24. The van der Waals surface area contributed by atoms with Crippen LogP contribution in [0.15, 0.2) is 12.1 Å². The number of benzene rings is 1. The van der Waals surface area contributed by atoms with Crippen LogP contribution in [0.5, 0.6) is 5.75 Å². The molecule has 4 N–H and O–H groups in total. The van der Waals surface area contributed by atoms with E-state index in [0.717, 1.165) is 30.4 Å². The van der Waals surface area contributed by atoms with Crippen LogP contribution in [0, 0.1) is 0 Å². The monoisotopic (exact) mass is 235 g/mol. The summed E-state index contributed by atoms with van der Waals surface area (Å²) in [6, 6.07) is 3.58. The largest absolute Gasteiger partial charge is 0.508 e. The minimum Gasteiger partial charge on any atom is -0.508 e. The third kappa shape index (κ3) is 2.26. The zero-order valence-electron chi connectivity index (χ0n) is 9.65. The quantitative estimate of drug-likeness (QED) is 0.736. The van der Waals surface area contributed by atoms with Gasteiger partial charge in [-0.25, -0.2) is 0 Å². The Bertz CT molecular complexity index is 443. The van der Waals surface area contributed by atoms with Gasteiger partial charge < -0.3 is 15.9 Å². The maximum Gasteiger partial charge on any atom is 0.304 e. The fraction of sp³-hybridized carbons (Fsp3) is 0.462. The van der Waals surface area contributed by atoms with E-state index in [1.165, 1.54) is 5.56 Å². The smallest absolute Gasteiger partial charge is 0.304 e. The molecule has 0 spiro atoms. The van der Waals surface area contributed by atoms with Gasteiger partial charge in [-0.2, -0.15) is 0 Å². The van der Waals surface area contributed by atoms with E-state index in [2.05, 4.69) is 0 Å². The highest BCUT2D eigenvalue weighted by atomic mass is 16.4. The van der Waals surface area contributed by atoms with Crippen LogP contribution in [0.1, 0.15) is 35.4 Å². The number of carboxylic acids is 1. The maximum atomic E-state index is 10.8. The number of nitrogens with two attached hydrogens (primary N) is 1. The number of phenolic OH excluding ortho intramolecular Hbond substituents is 1. The predicted octanol–water partition coefficient (Wildman–Crippen LogP) is 1.40. The first-order chi connectivity index (χ1) is 8.13. The first-order valence-electron chi connectivity index (χ1n) is 5.89. The maximum absolute atomic E-state index is 10.8. The summed E-state index contributed by atoms with van der Waals surface area (Å²) in [5.41, 5.74) is 8.73. The Hall–Kier alpha value is -1.55. The molecule has 0 radical (unpaired) electrons. The molecular formula is C13H17NO3. The molecule has 4 heteroatoms. The molecule has 92 valence electrons. The van der Waals surface area contributed by atoms with Crippen LogP contribution >= 0.6 is 0 Å². The molecule has 0 saturated carbocycles. The number of aromatic hydroxyl groups is 1. The number of hydrogen-bond acceptors (Lipinski definition) is 3. The van der Waals surface area contributed by atoms with E-state index in [4.69, 9.17) is 10.8 Å². The fourth-order valence-corrected chi connectivity index (χ4v) is 2.65. The summed E-state index contributed by atoms with van der Waals surface area (Å²) in [6.45, 7) is 0.246. The number of carbonyl (C=O) groups is 1. The third-order valence-corrected chi connectivity index (χ3v) is 3.42. The second-order valence-electron chi connectivity index (χ2n) is 4.52. The van der Waals surface area contributed by atoms with Gasteiger partial charge in [0, 0.05) is 11.5 Å². The molecule has 1 aromatic rings. The van der Waals surface area contributed by atoms with Gasteiger partial charge in [0.1, 0.15) is 5.75 Å². The minimum atomic E-state index is -0.879. The lowest BCUT2D eigenvalue weighted by molar-refractivity contribution is -0.137. The van der Waals surface area contributed by atoms with Gasteiger partial charge in [-0.15, -0.1) is 0 Å². The Morgan fingerprint density at radius 2 is 2.18 bits per heavy atom. The van der Waals surface area contributed by atoms with Gasteiger partial charge in [-0.1, -0.05) is 6.07 Å². The first kappa shape index (κ1) is 11.9. The van der Waals surface area contributed by atoms with E-state index in [-0.39, 0.29) is 24.6 Å². The van der Waals surface area contributed by atoms with Gasteiger partial charge in [0.05, 0.1) is 6.42 Å². The summed E-state index contributed by atoms with van der Waals surface area (Å²) >= 11 is 0. The molecule has 0 saturated heterocycles. The molecule has 0 aromatic heterocycles. The van der Waals surface area contributed by atoms with Crippen molar-refractivity contribution in [1.82, 2.24) is 0 Å². The molecule has 2 rings (SSSR count). The van der Waals surface area contributed by atoms with Crippen LogP contribution in [0.25, 0.3) is 0 Å². The van der Waals surface area contributed by atoms with Gasteiger partial charge in [-0.3, -0.25) is 4.79 Å². The van der Waals surface area contributed by atoms with E-state index < -0.39 is 5.97 Å². The van der Waals surface area contributed by atoms with Gasteiger partial charge in [-0.05, 0) is 43.0 Å². The van der Waals surface area contributed by atoms with Crippen LogP contribution in [0.2, 0.25) is 0 Å². The number of rotatable bonds is 4. The highest BCUT2D eigenvalue weighted by Crippen LogP contribution is 2.37. The lowest BCUT2D eigenvalue weighted by Crippen LogP contribution is -2.18. The topological polar surface area (TPSA) is 83.6 Å². The number of hydrogen-bond donors (Lipinski definition) is 3. The Morgan fingerprint density at radius 3 is 2.82 bits per heavy atom. The highest BCUT2D eigenvalue weighted by molar-refractivity contribution is 5.69. The standard InChI is InChI=1S/C13H17NO3/c14-7-9(6-12(16)17)13-10-3-1-2-8(10)4-5-11(13)15/h4-5,9,15H,1-3,6-7,14H2,(H,16,17). The van der Waals surface area contributed by atoms with Crippen LogP contribution in [0.3, 0.4) is 0 Å². The Kier molecular flexibility index (Phi) is 3.33. The molecule has 1 atom stereocenters. The summed E-state index contributed by atoms with van der Waals surface area (Å²) in [6.07, 6.45) is 2.96. The van der Waals surface area contributed by atoms with Crippen molar-refractivity contribution < 1.29 is 15.0 Å². The van der Waals surface area contributed by atoms with Crippen LogP contribution in [-0.4, -0.2) is 22.7 Å². The molecule has 1 aliphatic rings. The molecule has 0 bridgehead atoms. The average molecular weight is 235 g/mol. The molecule has 1 aromatic carbocycles. The van der Waals surface area contributed by atoms with Crippen LogP contribution in [-0.2, 0) is 17.6 Å². The fourth-order valence-electron chi connectivity index (χ4n) is 2.65. The lowest BCUT2D eigenvalue weighted by atomic mass is 9.89. The van der Waals surface area contributed by atoms with Crippen molar-refractivity contribution >= 4 is 5.97 Å². The molecule has 4 nitrogen and oxygen atoms in total. The lowest BCUT2D eigenvalue weighted by Gasteiger charge is -2.18. The van der Waals surface area contributed by atoms with Crippen molar-refractivity contribution in [2.45, 2.75) is 31.6 Å². The summed E-state index contributed by atoms with van der Waals surface area (Å²) in [5, 5.41) is 18.8. The summed E-state index contributed by atoms with van der Waals surface area (Å²) in [7, 11) is 0. The molecule has 0 fully saturated rings. The second kappa shape index (κ2) is 4.75. The van der Waals surface area contributed by atoms with Crippen molar-refractivity contribution in [3.63, 3.8) is 0 Å². The van der Waals surface area contributed by atoms with Crippen LogP contribution in [0.4, 0.5) is 0 Å². The molecule has 1 unspecified atom stereocenters. The zero-order valence-corrected chi connectivity index (χ0v) is 9.65. The van der Waals surface area contributed by atoms with Gasteiger partial charge >= 0.3 is 5.97 Å². The Balaban J connectivity index is 2.42. The second-order valence-corrected chi connectivity index (χ2v) is 4.52. The number of fused-ring (bicyclic) bond motifs is 1. The van der Waals surface area contributed by atoms with Gasteiger partial charge in [0.15, 0.2) is 0 Å². The average Bonchev–Trinajstić information content (AvgIpc) is 2.74. The SMILES string of the molecule is NCC(CC(=O)O)c1c(O)ccc2c1CCC2. The van der Waals surface area contributed by atoms with Gasteiger partial charge in [0.25, 0.3) is 0 Å². The van der Waals surface area contributed by atoms with E-state index in [1.807, 2.05) is 6.07 Å². The molecule has 0 heterocycles. The van der Waals surface area contributed by atoms with Crippen molar-refractivity contribution in [3.8, 4) is 5.75 Å². The van der Waals surface area contributed by atoms with E-state index in [0.29, 0.717) is 0 Å². The first-order valence-corrected chi connectivity index (χ1v) is 5.89. The normalized spacial score (nSPS) is 15.6. The van der Waals surface area contributed by atoms with E-state index in [1.54, 1.807) is 6.07 Å². The summed E-state index contributed by atoms with van der Waals surface area (Å²) in [5.74, 6) is -0.988. The van der Waals surface area contributed by atoms with E-state index in [9.17, 15) is 9.90 Å². The molecule has 1 aliphatic carbocycles. The third-order valence-electron chi connectivity index (χ3n) is 3.42. The number of aryl methyl sites for hydroxylation is 1. The number of carboxylic acid groups (broad SMARTS) is 1. The predicted molar refractivity (Wildman–Crippen MR) is 64.2 cm³/mol. The minimum absolute atomic E-state index is 0.0273. The van der Waals surface area contributed by atoms with Crippen LogP contribution < -0.4 is 5.73 Å². The Labute approximate surface area is 100 Å². The number of aliphatic carboxylic acids is 1. The van der Waals surface area contributed by atoms with Crippen molar-refractivity contribution in [1.29, 1.82) is 0 Å². The van der Waals surface area contributed by atoms with Crippen molar-refractivity contribution in [2.75, 3.05) is 6.54 Å². The molecule has 0 aliphatic heterocycles. The summed E-state index contributed by atoms with van der Waals surface area (Å²) in [4.78, 5) is 10.8. The zero-order chi connectivity index (χ0) is 12.4. The molecular weight excluding hydrogens is 218 g/mol. The molecule has 0 amide bonds. The number of phenols is 1. The van der Waals surface area contributed by atoms with Crippen molar-refractivity contribution in [2.24, 2.45) is 5.73 Å². The Morgan fingerprint density at radius 1 is 1.41 bits per heavy atom. The molecule has 17 heavy (non-hydrogen) atoms. The van der Waals surface area contributed by atoms with E-state index >= 15 is 0 Å².